The number of nitrogens with zero attached hydrogens (tertiary/aromatic N) is 3. The normalized spacial score (nSPS) is 11.1. The maximum atomic E-state index is 6.17. The summed E-state index contributed by atoms with van der Waals surface area (Å²) in [6.07, 6.45) is 1.68. The Bertz CT molecular complexity index is 1280. The fraction of sp³-hybridized carbons (Fsp3) is 0. The standard InChI is InChI=1S/C23H14ClN3/c24-17-12-13-25-20(14-17)23-26-21(16-7-2-1-3-8-16)19-11-10-15-6-4-5-9-18(15)22(19)27-23/h1-14H. The van der Waals surface area contributed by atoms with Crippen LogP contribution in [-0.4, -0.2) is 15.0 Å². The first-order chi connectivity index (χ1) is 13.3. The van der Waals surface area contributed by atoms with Crippen molar-refractivity contribution in [1.82, 2.24) is 15.0 Å². The summed E-state index contributed by atoms with van der Waals surface area (Å²) < 4.78 is 0. The second kappa shape index (κ2) is 6.45. The van der Waals surface area contributed by atoms with Gasteiger partial charge in [0.1, 0.15) is 5.69 Å². The van der Waals surface area contributed by atoms with E-state index in [2.05, 4.69) is 41.4 Å². The van der Waals surface area contributed by atoms with Crippen molar-refractivity contribution in [3.05, 3.63) is 90.1 Å². The Morgan fingerprint density at radius 2 is 1.52 bits per heavy atom. The van der Waals surface area contributed by atoms with Gasteiger partial charge in [-0.3, -0.25) is 4.98 Å². The van der Waals surface area contributed by atoms with E-state index >= 15 is 0 Å². The van der Waals surface area contributed by atoms with E-state index in [1.165, 1.54) is 0 Å². The molecule has 0 aliphatic rings. The molecule has 0 bridgehead atoms. The first-order valence-corrected chi connectivity index (χ1v) is 9.04. The Labute approximate surface area is 161 Å². The molecule has 0 atom stereocenters. The summed E-state index contributed by atoms with van der Waals surface area (Å²) in [5.41, 5.74) is 3.51. The van der Waals surface area contributed by atoms with Gasteiger partial charge < -0.3 is 0 Å². The molecule has 0 saturated heterocycles. The van der Waals surface area contributed by atoms with Crippen molar-refractivity contribution in [2.45, 2.75) is 0 Å². The zero-order chi connectivity index (χ0) is 18.2. The highest BCUT2D eigenvalue weighted by Crippen LogP contribution is 2.32. The molecule has 0 aliphatic carbocycles. The van der Waals surface area contributed by atoms with Gasteiger partial charge in [0.05, 0.1) is 11.2 Å². The summed E-state index contributed by atoms with van der Waals surface area (Å²) in [6.45, 7) is 0. The molecular weight excluding hydrogens is 354 g/mol. The van der Waals surface area contributed by atoms with Gasteiger partial charge in [0.25, 0.3) is 0 Å². The van der Waals surface area contributed by atoms with Crippen LogP contribution in [0.2, 0.25) is 5.02 Å². The first kappa shape index (κ1) is 15.9. The number of hydrogen-bond acceptors (Lipinski definition) is 3. The van der Waals surface area contributed by atoms with Crippen molar-refractivity contribution >= 4 is 33.3 Å². The smallest absolute Gasteiger partial charge is 0.179 e. The molecule has 3 aromatic carbocycles. The van der Waals surface area contributed by atoms with Crippen LogP contribution in [0.1, 0.15) is 0 Å². The van der Waals surface area contributed by atoms with E-state index in [0.717, 1.165) is 32.9 Å². The van der Waals surface area contributed by atoms with E-state index in [0.29, 0.717) is 16.5 Å². The predicted molar refractivity (Wildman–Crippen MR) is 111 cm³/mol. The summed E-state index contributed by atoms with van der Waals surface area (Å²) in [5.74, 6) is 0.570. The minimum atomic E-state index is 0.570. The first-order valence-electron chi connectivity index (χ1n) is 8.66. The third-order valence-electron chi connectivity index (χ3n) is 4.59. The van der Waals surface area contributed by atoms with Crippen LogP contribution in [0.4, 0.5) is 0 Å². The minimum Gasteiger partial charge on any atom is -0.253 e. The van der Waals surface area contributed by atoms with Crippen molar-refractivity contribution in [3.8, 4) is 22.8 Å². The van der Waals surface area contributed by atoms with Gasteiger partial charge in [0.15, 0.2) is 5.82 Å². The molecule has 3 nitrogen and oxygen atoms in total. The van der Waals surface area contributed by atoms with E-state index in [9.17, 15) is 0 Å². The molecule has 2 heterocycles. The largest absolute Gasteiger partial charge is 0.253 e. The maximum Gasteiger partial charge on any atom is 0.179 e. The number of aromatic nitrogens is 3. The number of fused-ring (bicyclic) bond motifs is 3. The van der Waals surface area contributed by atoms with Crippen LogP contribution in [0, 0.1) is 0 Å². The van der Waals surface area contributed by atoms with Gasteiger partial charge >= 0.3 is 0 Å². The second-order valence-corrected chi connectivity index (χ2v) is 6.74. The summed E-state index contributed by atoms with van der Waals surface area (Å²) in [5, 5.41) is 3.87. The number of benzene rings is 3. The van der Waals surface area contributed by atoms with Crippen LogP contribution in [0.15, 0.2) is 85.1 Å². The van der Waals surface area contributed by atoms with Crippen LogP contribution in [0.25, 0.3) is 44.5 Å². The van der Waals surface area contributed by atoms with E-state index in [1.807, 2.05) is 30.3 Å². The summed E-state index contributed by atoms with van der Waals surface area (Å²) >= 11 is 6.17. The number of pyridine rings is 1. The molecule has 5 aromatic rings. The van der Waals surface area contributed by atoms with Crippen molar-refractivity contribution in [2.24, 2.45) is 0 Å². The van der Waals surface area contributed by atoms with Crippen LogP contribution in [0.3, 0.4) is 0 Å². The third-order valence-corrected chi connectivity index (χ3v) is 4.82. The van der Waals surface area contributed by atoms with E-state index in [-0.39, 0.29) is 0 Å². The molecule has 5 rings (SSSR count). The quantitative estimate of drug-likeness (QED) is 0.350. The van der Waals surface area contributed by atoms with Crippen molar-refractivity contribution in [2.75, 3.05) is 0 Å². The lowest BCUT2D eigenvalue weighted by Crippen LogP contribution is -1.97. The Hall–Kier alpha value is -3.30. The van der Waals surface area contributed by atoms with Crippen molar-refractivity contribution in [3.63, 3.8) is 0 Å². The molecule has 0 spiro atoms. The fourth-order valence-corrected chi connectivity index (χ4v) is 3.48. The molecule has 27 heavy (non-hydrogen) atoms. The summed E-state index contributed by atoms with van der Waals surface area (Å²) in [6, 6.07) is 26.2. The SMILES string of the molecule is Clc1ccnc(-c2nc(-c3ccccc3)c3ccc4ccccc4c3n2)c1. The Morgan fingerprint density at radius 1 is 0.704 bits per heavy atom. The molecule has 2 aromatic heterocycles. The molecule has 4 heteroatoms. The number of hydrogen-bond donors (Lipinski definition) is 0. The number of rotatable bonds is 2. The minimum absolute atomic E-state index is 0.570. The predicted octanol–water partition coefficient (Wildman–Crippen LogP) is 6.17. The van der Waals surface area contributed by atoms with Gasteiger partial charge in [-0.05, 0) is 23.6 Å². The molecular formula is C23H14ClN3. The fourth-order valence-electron chi connectivity index (χ4n) is 3.32. The highest BCUT2D eigenvalue weighted by atomic mass is 35.5. The molecule has 0 saturated carbocycles. The molecule has 0 N–H and O–H groups in total. The Morgan fingerprint density at radius 3 is 2.37 bits per heavy atom. The lowest BCUT2D eigenvalue weighted by molar-refractivity contribution is 1.18. The van der Waals surface area contributed by atoms with Crippen LogP contribution < -0.4 is 0 Å². The molecule has 0 radical (unpaired) electrons. The number of halogens is 1. The van der Waals surface area contributed by atoms with Gasteiger partial charge in [0, 0.05) is 27.6 Å². The topological polar surface area (TPSA) is 38.7 Å². The highest BCUT2D eigenvalue weighted by molar-refractivity contribution is 6.30. The Kier molecular flexibility index (Phi) is 3.80. The molecule has 0 unspecified atom stereocenters. The van der Waals surface area contributed by atoms with E-state index < -0.39 is 0 Å². The maximum absolute atomic E-state index is 6.17. The van der Waals surface area contributed by atoms with Crippen LogP contribution >= 0.6 is 11.6 Å². The summed E-state index contributed by atoms with van der Waals surface area (Å²) in [7, 11) is 0. The highest BCUT2D eigenvalue weighted by Gasteiger charge is 2.14. The Balaban J connectivity index is 1.90. The second-order valence-electron chi connectivity index (χ2n) is 6.30. The zero-order valence-electron chi connectivity index (χ0n) is 14.3. The molecule has 0 fully saturated rings. The lowest BCUT2D eigenvalue weighted by atomic mass is 10.0. The van der Waals surface area contributed by atoms with Crippen molar-refractivity contribution in [1.29, 1.82) is 0 Å². The zero-order valence-corrected chi connectivity index (χ0v) is 15.1. The van der Waals surface area contributed by atoms with Crippen LogP contribution in [-0.2, 0) is 0 Å². The molecule has 128 valence electrons. The summed E-state index contributed by atoms with van der Waals surface area (Å²) in [4.78, 5) is 14.1. The third kappa shape index (κ3) is 2.82. The molecule has 0 aliphatic heterocycles. The average molecular weight is 368 g/mol. The average Bonchev–Trinajstić information content (AvgIpc) is 2.73. The van der Waals surface area contributed by atoms with E-state index in [4.69, 9.17) is 21.6 Å². The van der Waals surface area contributed by atoms with Gasteiger partial charge in [-0.25, -0.2) is 9.97 Å². The van der Waals surface area contributed by atoms with Gasteiger partial charge in [0.2, 0.25) is 0 Å². The van der Waals surface area contributed by atoms with Gasteiger partial charge in [-0.2, -0.15) is 0 Å². The monoisotopic (exact) mass is 367 g/mol. The van der Waals surface area contributed by atoms with Crippen LogP contribution in [0.5, 0.6) is 0 Å². The van der Waals surface area contributed by atoms with E-state index in [1.54, 1.807) is 18.3 Å². The van der Waals surface area contributed by atoms with Gasteiger partial charge in [-0.15, -0.1) is 0 Å². The van der Waals surface area contributed by atoms with Crippen molar-refractivity contribution < 1.29 is 0 Å². The van der Waals surface area contributed by atoms with Gasteiger partial charge in [-0.1, -0.05) is 72.3 Å². The molecule has 0 amide bonds. The lowest BCUT2D eigenvalue weighted by Gasteiger charge is -2.11.